The normalized spacial score (nSPS) is 11.6. The number of benzene rings is 4. The Morgan fingerprint density at radius 1 is 0.812 bits per heavy atom. The fourth-order valence-corrected chi connectivity index (χ4v) is 3.66. The van der Waals surface area contributed by atoms with Crippen LogP contribution in [-0.4, -0.2) is 18.2 Å². The number of nitrogens with one attached hydrogen (secondary N) is 1. The van der Waals surface area contributed by atoms with Crippen molar-refractivity contribution in [2.75, 3.05) is 0 Å². The van der Waals surface area contributed by atoms with Crippen LogP contribution < -0.4 is 10.1 Å². The van der Waals surface area contributed by atoms with E-state index in [0.717, 1.165) is 22.8 Å². The van der Waals surface area contributed by atoms with Gasteiger partial charge in [0.2, 0.25) is 0 Å². The largest absolute Gasteiger partial charge is 0.488 e. The molecule has 0 spiro atoms. The van der Waals surface area contributed by atoms with Crippen LogP contribution in [0, 0.1) is 0 Å². The van der Waals surface area contributed by atoms with Crippen molar-refractivity contribution in [3.05, 3.63) is 114 Å². The summed E-state index contributed by atoms with van der Waals surface area (Å²) in [6, 6.07) is 30.8. The average molecular weight is 424 g/mol. The second-order valence-corrected chi connectivity index (χ2v) is 7.71. The van der Waals surface area contributed by atoms with Crippen LogP contribution in [0.4, 0.5) is 0 Å². The highest BCUT2D eigenvalue weighted by Gasteiger charge is 2.17. The molecule has 0 aliphatic carbocycles. The van der Waals surface area contributed by atoms with Crippen LogP contribution in [-0.2, 0) is 17.8 Å². The molecule has 0 aliphatic heterocycles. The third-order valence-corrected chi connectivity index (χ3v) is 5.41. The molecule has 0 fully saturated rings. The Kier molecular flexibility index (Phi) is 6.93. The molecule has 160 valence electrons. The maximum absolute atomic E-state index is 12.9. The van der Waals surface area contributed by atoms with Gasteiger partial charge >= 0.3 is 0 Å². The lowest BCUT2D eigenvalue weighted by Gasteiger charge is -2.15. The lowest BCUT2D eigenvalue weighted by molar-refractivity contribution is -0.109. The van der Waals surface area contributed by atoms with Crippen LogP contribution in [0.25, 0.3) is 10.8 Å². The van der Waals surface area contributed by atoms with Crippen molar-refractivity contribution in [1.82, 2.24) is 5.32 Å². The van der Waals surface area contributed by atoms with Crippen molar-refractivity contribution in [1.29, 1.82) is 0 Å². The Bertz CT molecular complexity index is 1200. The molecular weight excluding hydrogens is 398 g/mol. The number of rotatable bonds is 9. The van der Waals surface area contributed by atoms with Gasteiger partial charge in [-0.05, 0) is 52.9 Å². The van der Waals surface area contributed by atoms with Crippen molar-refractivity contribution in [2.24, 2.45) is 0 Å². The maximum Gasteiger partial charge on any atom is 0.255 e. The summed E-state index contributed by atoms with van der Waals surface area (Å²) in [7, 11) is 0. The van der Waals surface area contributed by atoms with Gasteiger partial charge in [-0.1, -0.05) is 78.9 Å². The van der Waals surface area contributed by atoms with Gasteiger partial charge in [-0.15, -0.1) is 0 Å². The van der Waals surface area contributed by atoms with Gasteiger partial charge in [0.1, 0.15) is 18.6 Å². The summed E-state index contributed by atoms with van der Waals surface area (Å²) < 4.78 is 5.99. The van der Waals surface area contributed by atoms with Crippen molar-refractivity contribution in [2.45, 2.75) is 25.5 Å². The highest BCUT2D eigenvalue weighted by atomic mass is 16.5. The minimum absolute atomic E-state index is 0.315. The molecule has 0 aromatic heterocycles. The molecule has 0 saturated carbocycles. The Balaban J connectivity index is 1.41. The molecule has 0 saturated heterocycles. The molecule has 4 nitrogen and oxygen atoms in total. The Hall–Kier alpha value is -3.92. The fourth-order valence-electron chi connectivity index (χ4n) is 3.66. The van der Waals surface area contributed by atoms with E-state index in [0.29, 0.717) is 30.8 Å². The third-order valence-electron chi connectivity index (χ3n) is 5.41. The van der Waals surface area contributed by atoms with Gasteiger partial charge in [-0.2, -0.15) is 0 Å². The molecular formula is C28H25NO3. The van der Waals surface area contributed by atoms with E-state index in [1.165, 1.54) is 5.39 Å². The number of hydrogen-bond donors (Lipinski definition) is 1. The van der Waals surface area contributed by atoms with Gasteiger partial charge in [-0.3, -0.25) is 4.79 Å². The van der Waals surface area contributed by atoms with E-state index in [2.05, 4.69) is 29.6 Å². The van der Waals surface area contributed by atoms with Crippen molar-refractivity contribution < 1.29 is 14.3 Å². The molecule has 32 heavy (non-hydrogen) atoms. The van der Waals surface area contributed by atoms with Crippen molar-refractivity contribution >= 4 is 23.0 Å². The number of hydrogen-bond acceptors (Lipinski definition) is 3. The Morgan fingerprint density at radius 2 is 1.53 bits per heavy atom. The highest BCUT2D eigenvalue weighted by Crippen LogP contribution is 2.21. The molecule has 0 aliphatic rings. The molecule has 0 unspecified atom stereocenters. The van der Waals surface area contributed by atoms with Gasteiger partial charge in [0.05, 0.1) is 11.6 Å². The SMILES string of the molecule is O=C[C@H](CCc1ccccc1)NC(=O)c1ccccc1OCc1ccc2ccccc2c1. The molecule has 4 heteroatoms. The maximum atomic E-state index is 12.9. The standard InChI is InChI=1S/C28H25NO3/c30-19-25(17-15-21-8-2-1-3-9-21)29-28(31)26-12-6-7-13-27(26)32-20-22-14-16-23-10-4-5-11-24(23)18-22/h1-14,16,18-19,25H,15,17,20H2,(H,29,31)/t25-/m0/s1. The van der Waals surface area contributed by atoms with Gasteiger partial charge in [0.25, 0.3) is 5.91 Å². The number of ether oxygens (including phenoxy) is 1. The van der Waals surface area contributed by atoms with E-state index in [9.17, 15) is 9.59 Å². The van der Waals surface area contributed by atoms with Crippen molar-refractivity contribution in [3.63, 3.8) is 0 Å². The van der Waals surface area contributed by atoms with Crippen LogP contribution in [0.15, 0.2) is 97.1 Å². The zero-order chi connectivity index (χ0) is 22.2. The average Bonchev–Trinajstić information content (AvgIpc) is 2.85. The van der Waals surface area contributed by atoms with Crippen molar-refractivity contribution in [3.8, 4) is 5.75 Å². The smallest absolute Gasteiger partial charge is 0.255 e. The number of fused-ring (bicyclic) bond motifs is 1. The lowest BCUT2D eigenvalue weighted by atomic mass is 10.1. The number of aryl methyl sites for hydroxylation is 1. The quantitative estimate of drug-likeness (QED) is 0.369. The summed E-state index contributed by atoms with van der Waals surface area (Å²) in [5, 5.41) is 5.15. The van der Waals surface area contributed by atoms with E-state index in [1.54, 1.807) is 18.2 Å². The minimum Gasteiger partial charge on any atom is -0.488 e. The molecule has 0 bridgehead atoms. The van der Waals surface area contributed by atoms with Gasteiger partial charge < -0.3 is 14.8 Å². The predicted molar refractivity (Wildman–Crippen MR) is 127 cm³/mol. The Morgan fingerprint density at radius 3 is 2.34 bits per heavy atom. The molecule has 4 aromatic rings. The summed E-state index contributed by atoms with van der Waals surface area (Å²) >= 11 is 0. The zero-order valence-electron chi connectivity index (χ0n) is 17.7. The molecule has 1 N–H and O–H groups in total. The minimum atomic E-state index is -0.559. The van der Waals surface area contributed by atoms with Gasteiger partial charge in [0, 0.05) is 0 Å². The summed E-state index contributed by atoms with van der Waals surface area (Å²) in [4.78, 5) is 24.4. The molecule has 4 rings (SSSR count). The van der Waals surface area contributed by atoms with Crippen LogP contribution in [0.5, 0.6) is 5.75 Å². The number of amides is 1. The van der Waals surface area contributed by atoms with E-state index >= 15 is 0 Å². The van der Waals surface area contributed by atoms with Gasteiger partial charge in [-0.25, -0.2) is 0 Å². The van der Waals surface area contributed by atoms with E-state index < -0.39 is 6.04 Å². The number of carbonyl (C=O) groups excluding carboxylic acids is 2. The zero-order valence-corrected chi connectivity index (χ0v) is 17.7. The molecule has 1 atom stereocenters. The summed E-state index contributed by atoms with van der Waals surface area (Å²) in [5.74, 6) is 0.176. The first-order chi connectivity index (χ1) is 15.7. The number of aldehydes is 1. The van der Waals surface area contributed by atoms with Crippen LogP contribution in [0.2, 0.25) is 0 Å². The number of para-hydroxylation sites is 1. The monoisotopic (exact) mass is 423 g/mol. The third kappa shape index (κ3) is 5.41. The second-order valence-electron chi connectivity index (χ2n) is 7.71. The molecule has 4 aromatic carbocycles. The number of carbonyl (C=O) groups is 2. The second kappa shape index (κ2) is 10.4. The summed E-state index contributed by atoms with van der Waals surface area (Å²) in [6.07, 6.45) is 2.05. The first-order valence-electron chi connectivity index (χ1n) is 10.7. The molecule has 1 amide bonds. The van der Waals surface area contributed by atoms with Gasteiger partial charge in [0.15, 0.2) is 0 Å². The Labute approximate surface area is 187 Å². The summed E-state index contributed by atoms with van der Waals surface area (Å²) in [5.41, 5.74) is 2.57. The fraction of sp³-hybridized carbons (Fsp3) is 0.143. The lowest BCUT2D eigenvalue weighted by Crippen LogP contribution is -2.36. The highest BCUT2D eigenvalue weighted by molar-refractivity contribution is 5.98. The van der Waals surface area contributed by atoms with Crippen LogP contribution >= 0.6 is 0 Å². The van der Waals surface area contributed by atoms with E-state index in [-0.39, 0.29) is 5.91 Å². The summed E-state index contributed by atoms with van der Waals surface area (Å²) in [6.45, 7) is 0.347. The topological polar surface area (TPSA) is 55.4 Å². The van der Waals surface area contributed by atoms with E-state index in [4.69, 9.17) is 4.74 Å². The first kappa shape index (κ1) is 21.3. The van der Waals surface area contributed by atoms with Crippen LogP contribution in [0.3, 0.4) is 0 Å². The molecule has 0 radical (unpaired) electrons. The molecule has 0 heterocycles. The van der Waals surface area contributed by atoms with E-state index in [1.807, 2.05) is 54.6 Å². The predicted octanol–water partition coefficient (Wildman–Crippen LogP) is 5.35. The van der Waals surface area contributed by atoms with Crippen LogP contribution in [0.1, 0.15) is 27.9 Å². The first-order valence-corrected chi connectivity index (χ1v) is 10.7.